The Balaban J connectivity index is 1.59. The summed E-state index contributed by atoms with van der Waals surface area (Å²) in [5, 5.41) is 5.99. The van der Waals surface area contributed by atoms with Crippen LogP contribution in [0.4, 0.5) is 5.13 Å². The van der Waals surface area contributed by atoms with Crippen molar-refractivity contribution in [3.63, 3.8) is 0 Å². The maximum atomic E-state index is 12.2. The van der Waals surface area contributed by atoms with Crippen molar-refractivity contribution in [2.75, 3.05) is 26.5 Å². The minimum absolute atomic E-state index is 0.243. The SMILES string of the molecule is COc1cc(/C=C/C(=O)Nc2nc(CN(C)C)cs2)ccc1OCc1ccc(Cl)cc1. The van der Waals surface area contributed by atoms with Gasteiger partial charge in [-0.1, -0.05) is 29.8 Å². The molecule has 1 heterocycles. The van der Waals surface area contributed by atoms with E-state index in [9.17, 15) is 4.79 Å². The normalized spacial score (nSPS) is 11.1. The molecule has 0 spiro atoms. The number of rotatable bonds is 9. The quantitative estimate of drug-likeness (QED) is 0.453. The number of aromatic nitrogens is 1. The Kier molecular flexibility index (Phi) is 8.06. The predicted molar refractivity (Wildman–Crippen MR) is 126 cm³/mol. The number of thiazole rings is 1. The monoisotopic (exact) mass is 457 g/mol. The van der Waals surface area contributed by atoms with Crippen LogP contribution in [0.2, 0.25) is 5.02 Å². The van der Waals surface area contributed by atoms with E-state index in [4.69, 9.17) is 21.1 Å². The van der Waals surface area contributed by atoms with Crippen LogP contribution >= 0.6 is 22.9 Å². The van der Waals surface area contributed by atoms with E-state index in [0.717, 1.165) is 23.4 Å². The number of nitrogens with zero attached hydrogens (tertiary/aromatic N) is 2. The molecule has 0 unspecified atom stereocenters. The van der Waals surface area contributed by atoms with Gasteiger partial charge in [0.1, 0.15) is 6.61 Å². The molecule has 0 saturated heterocycles. The van der Waals surface area contributed by atoms with E-state index in [1.807, 2.05) is 66.8 Å². The van der Waals surface area contributed by atoms with Gasteiger partial charge >= 0.3 is 0 Å². The van der Waals surface area contributed by atoms with Gasteiger partial charge in [0.05, 0.1) is 12.8 Å². The molecule has 3 aromatic rings. The third kappa shape index (κ3) is 7.10. The van der Waals surface area contributed by atoms with Crippen LogP contribution in [0, 0.1) is 0 Å². The number of hydrogen-bond acceptors (Lipinski definition) is 6. The van der Waals surface area contributed by atoms with Gasteiger partial charge in [0.2, 0.25) is 5.91 Å². The zero-order chi connectivity index (χ0) is 22.2. The van der Waals surface area contributed by atoms with Crippen molar-refractivity contribution >= 4 is 40.1 Å². The smallest absolute Gasteiger partial charge is 0.250 e. The molecule has 0 aliphatic heterocycles. The maximum Gasteiger partial charge on any atom is 0.250 e. The van der Waals surface area contributed by atoms with Crippen molar-refractivity contribution < 1.29 is 14.3 Å². The minimum atomic E-state index is -0.243. The summed E-state index contributed by atoms with van der Waals surface area (Å²) in [6.07, 6.45) is 3.19. The molecule has 3 rings (SSSR count). The van der Waals surface area contributed by atoms with Crippen LogP contribution < -0.4 is 14.8 Å². The van der Waals surface area contributed by atoms with E-state index >= 15 is 0 Å². The van der Waals surface area contributed by atoms with Crippen LogP contribution in [0.5, 0.6) is 11.5 Å². The zero-order valence-corrected chi connectivity index (χ0v) is 19.2. The number of carbonyl (C=O) groups is 1. The number of methoxy groups -OCH3 is 1. The number of anilines is 1. The van der Waals surface area contributed by atoms with Gasteiger partial charge < -0.3 is 14.4 Å². The number of hydrogen-bond donors (Lipinski definition) is 1. The van der Waals surface area contributed by atoms with Gasteiger partial charge in [0.15, 0.2) is 16.6 Å². The number of benzene rings is 2. The average molecular weight is 458 g/mol. The Morgan fingerprint density at radius 1 is 1.19 bits per heavy atom. The molecule has 0 fully saturated rings. The molecule has 0 radical (unpaired) electrons. The highest BCUT2D eigenvalue weighted by Crippen LogP contribution is 2.29. The Morgan fingerprint density at radius 3 is 2.68 bits per heavy atom. The molecule has 8 heteroatoms. The Bertz CT molecular complexity index is 1050. The summed E-state index contributed by atoms with van der Waals surface area (Å²) in [4.78, 5) is 18.6. The third-order valence-corrected chi connectivity index (χ3v) is 5.24. The van der Waals surface area contributed by atoms with Gasteiger partial charge in [-0.25, -0.2) is 4.98 Å². The number of carbonyl (C=O) groups excluding carboxylic acids is 1. The van der Waals surface area contributed by atoms with Crippen LogP contribution in [0.3, 0.4) is 0 Å². The molecule has 31 heavy (non-hydrogen) atoms. The standard InChI is InChI=1S/C23H24ClN3O3S/c1-27(2)13-19-15-31-23(25-19)26-22(28)11-7-16-6-10-20(21(12-16)29-3)30-14-17-4-8-18(24)9-5-17/h4-12,15H,13-14H2,1-3H3,(H,25,26,28)/b11-7+. The second-order valence-corrected chi connectivity index (χ2v) is 8.32. The molecule has 2 aromatic carbocycles. The van der Waals surface area contributed by atoms with Crippen LogP contribution in [0.1, 0.15) is 16.8 Å². The first-order valence-corrected chi connectivity index (χ1v) is 10.8. The first-order valence-electron chi connectivity index (χ1n) is 9.56. The van der Waals surface area contributed by atoms with E-state index in [1.165, 1.54) is 17.4 Å². The lowest BCUT2D eigenvalue weighted by atomic mass is 10.2. The second-order valence-electron chi connectivity index (χ2n) is 7.03. The predicted octanol–water partition coefficient (Wildman–Crippen LogP) is 5.10. The van der Waals surface area contributed by atoms with Gasteiger partial charge in [0, 0.05) is 23.0 Å². The molecule has 1 aromatic heterocycles. The molecule has 0 atom stereocenters. The molecule has 6 nitrogen and oxygen atoms in total. The van der Waals surface area contributed by atoms with Crippen molar-refractivity contribution in [1.82, 2.24) is 9.88 Å². The number of halogens is 1. The summed E-state index contributed by atoms with van der Waals surface area (Å²) in [5.41, 5.74) is 2.74. The third-order valence-electron chi connectivity index (χ3n) is 4.18. The number of nitrogens with one attached hydrogen (secondary N) is 1. The van der Waals surface area contributed by atoms with Crippen LogP contribution in [0.25, 0.3) is 6.08 Å². The summed E-state index contributed by atoms with van der Waals surface area (Å²) >= 11 is 7.32. The molecule has 0 aliphatic rings. The van der Waals surface area contributed by atoms with Crippen molar-refractivity contribution in [3.8, 4) is 11.5 Å². The van der Waals surface area contributed by atoms with Crippen LogP contribution in [0.15, 0.2) is 53.9 Å². The number of ether oxygens (including phenoxy) is 2. The summed E-state index contributed by atoms with van der Waals surface area (Å²) in [6, 6.07) is 13.0. The number of amides is 1. The van der Waals surface area contributed by atoms with E-state index in [1.54, 1.807) is 13.2 Å². The fourth-order valence-corrected chi connectivity index (χ4v) is 3.56. The van der Waals surface area contributed by atoms with Crippen molar-refractivity contribution in [2.45, 2.75) is 13.2 Å². The lowest BCUT2D eigenvalue weighted by Crippen LogP contribution is -2.11. The second kappa shape index (κ2) is 10.9. The zero-order valence-electron chi connectivity index (χ0n) is 17.6. The molecular weight excluding hydrogens is 434 g/mol. The molecular formula is C23H24ClN3O3S. The molecule has 0 bridgehead atoms. The highest BCUT2D eigenvalue weighted by atomic mass is 35.5. The van der Waals surface area contributed by atoms with Crippen LogP contribution in [-0.2, 0) is 17.9 Å². The lowest BCUT2D eigenvalue weighted by Gasteiger charge is -2.11. The fraction of sp³-hybridized carbons (Fsp3) is 0.217. The van der Waals surface area contributed by atoms with Gasteiger partial charge in [-0.3, -0.25) is 10.1 Å². The van der Waals surface area contributed by atoms with Crippen molar-refractivity contribution in [3.05, 3.63) is 75.8 Å². The van der Waals surface area contributed by atoms with Crippen molar-refractivity contribution in [1.29, 1.82) is 0 Å². The summed E-state index contributed by atoms with van der Waals surface area (Å²) in [7, 11) is 5.53. The van der Waals surface area contributed by atoms with Gasteiger partial charge in [-0.15, -0.1) is 11.3 Å². The first kappa shape index (κ1) is 22.8. The average Bonchev–Trinajstić information content (AvgIpc) is 3.18. The van der Waals surface area contributed by atoms with Gasteiger partial charge in [0.25, 0.3) is 0 Å². The molecule has 1 amide bonds. The Morgan fingerprint density at radius 2 is 1.97 bits per heavy atom. The summed E-state index contributed by atoms with van der Waals surface area (Å²) in [5.74, 6) is 0.966. The topological polar surface area (TPSA) is 63.7 Å². The summed E-state index contributed by atoms with van der Waals surface area (Å²) in [6.45, 7) is 1.13. The fourth-order valence-electron chi connectivity index (χ4n) is 2.73. The Labute approximate surface area is 191 Å². The molecule has 0 saturated carbocycles. The van der Waals surface area contributed by atoms with Crippen LogP contribution in [-0.4, -0.2) is 37.0 Å². The highest BCUT2D eigenvalue weighted by molar-refractivity contribution is 7.13. The maximum absolute atomic E-state index is 12.2. The van der Waals surface area contributed by atoms with E-state index in [2.05, 4.69) is 10.3 Å². The first-order chi connectivity index (χ1) is 14.9. The van der Waals surface area contributed by atoms with E-state index in [-0.39, 0.29) is 5.91 Å². The molecule has 1 N–H and O–H groups in total. The molecule has 162 valence electrons. The van der Waals surface area contributed by atoms with Gasteiger partial charge in [-0.2, -0.15) is 0 Å². The lowest BCUT2D eigenvalue weighted by molar-refractivity contribution is -0.111. The van der Waals surface area contributed by atoms with Gasteiger partial charge in [-0.05, 0) is 55.6 Å². The van der Waals surface area contributed by atoms with Crippen molar-refractivity contribution in [2.24, 2.45) is 0 Å². The largest absolute Gasteiger partial charge is 0.493 e. The van der Waals surface area contributed by atoms with E-state index < -0.39 is 0 Å². The molecule has 0 aliphatic carbocycles. The highest BCUT2D eigenvalue weighted by Gasteiger charge is 2.07. The summed E-state index contributed by atoms with van der Waals surface area (Å²) < 4.78 is 11.3. The van der Waals surface area contributed by atoms with E-state index in [0.29, 0.717) is 28.3 Å². The Hall–Kier alpha value is -2.87. The minimum Gasteiger partial charge on any atom is -0.493 e.